The van der Waals surface area contributed by atoms with Crippen LogP contribution >= 0.6 is 11.6 Å². The third kappa shape index (κ3) is 7.45. The summed E-state index contributed by atoms with van der Waals surface area (Å²) in [5.74, 6) is -0.703. The van der Waals surface area contributed by atoms with Crippen LogP contribution in [0, 0.1) is 0 Å². The average molecular weight is 519 g/mol. The summed E-state index contributed by atoms with van der Waals surface area (Å²) in [6, 6.07) is 23.5. The number of rotatable bonds is 11. The molecule has 1 amide bonds. The highest BCUT2D eigenvalue weighted by Gasteiger charge is 2.28. The molecule has 0 spiro atoms. The molecule has 3 aromatic carbocycles. The molecule has 0 aliphatic rings. The summed E-state index contributed by atoms with van der Waals surface area (Å²) in [6.45, 7) is 1.98. The molecule has 0 aliphatic carbocycles. The van der Waals surface area contributed by atoms with Crippen LogP contribution in [0.25, 0.3) is 11.1 Å². The molecule has 0 radical (unpaired) electrons. The van der Waals surface area contributed by atoms with Crippen molar-refractivity contribution in [3.63, 3.8) is 0 Å². The molecule has 10 heteroatoms. The van der Waals surface area contributed by atoms with Crippen LogP contribution in [0.3, 0.4) is 0 Å². The predicted octanol–water partition coefficient (Wildman–Crippen LogP) is 3.83. The van der Waals surface area contributed by atoms with Gasteiger partial charge in [-0.05, 0) is 64.6 Å². The molecular weight excluding hydrogens is 492 g/mol. The largest absolute Gasteiger partial charge is 0.465 e. The van der Waals surface area contributed by atoms with E-state index in [4.69, 9.17) is 16.3 Å². The molecule has 0 bridgehead atoms. The van der Waals surface area contributed by atoms with Crippen molar-refractivity contribution >= 4 is 29.4 Å². The first-order valence-electron chi connectivity index (χ1n) is 11.9. The minimum atomic E-state index is -0.778. The number of hydrogen-bond donors (Lipinski definition) is 3. The lowest BCUT2D eigenvalue weighted by Crippen LogP contribution is -2.51. The van der Waals surface area contributed by atoms with Gasteiger partial charge >= 0.3 is 5.97 Å². The van der Waals surface area contributed by atoms with Crippen molar-refractivity contribution in [1.29, 1.82) is 0 Å². The Bertz CT molecular complexity index is 1300. The predicted molar refractivity (Wildman–Crippen MR) is 141 cm³/mol. The molecule has 4 aromatic rings. The number of aromatic nitrogens is 4. The maximum absolute atomic E-state index is 13.3. The molecule has 2 unspecified atom stereocenters. The van der Waals surface area contributed by atoms with Gasteiger partial charge < -0.3 is 4.74 Å². The Hall–Kier alpha value is -4.08. The number of nitrogens with one attached hydrogen (secondary N) is 3. The van der Waals surface area contributed by atoms with Crippen LogP contribution in [0.4, 0.5) is 5.95 Å². The summed E-state index contributed by atoms with van der Waals surface area (Å²) in [6.07, 6.45) is 0.676. The summed E-state index contributed by atoms with van der Waals surface area (Å²) in [7, 11) is 0. The van der Waals surface area contributed by atoms with Gasteiger partial charge in [0.15, 0.2) is 0 Å². The number of halogens is 1. The second-order valence-corrected chi connectivity index (χ2v) is 8.80. The van der Waals surface area contributed by atoms with E-state index in [0.717, 1.165) is 22.3 Å². The fourth-order valence-corrected chi connectivity index (χ4v) is 4.12. The van der Waals surface area contributed by atoms with Gasteiger partial charge in [-0.25, -0.2) is 5.10 Å². The maximum Gasteiger partial charge on any atom is 0.323 e. The fraction of sp³-hybridized carbons (Fsp3) is 0.222. The van der Waals surface area contributed by atoms with Gasteiger partial charge in [-0.2, -0.15) is 0 Å². The van der Waals surface area contributed by atoms with Crippen molar-refractivity contribution in [2.45, 2.75) is 31.8 Å². The van der Waals surface area contributed by atoms with Crippen LogP contribution in [0.2, 0.25) is 5.02 Å². The van der Waals surface area contributed by atoms with Crippen molar-refractivity contribution in [2.75, 3.05) is 11.9 Å². The zero-order chi connectivity index (χ0) is 26.0. The smallest absolute Gasteiger partial charge is 0.323 e. The lowest BCUT2D eigenvalue weighted by atomic mass is 9.99. The maximum atomic E-state index is 13.3. The molecule has 2 atom stereocenters. The number of anilines is 1. The molecule has 1 aromatic heterocycles. The zero-order valence-corrected chi connectivity index (χ0v) is 21.0. The fourth-order valence-electron chi connectivity index (χ4n) is 3.93. The Morgan fingerprint density at radius 3 is 2.32 bits per heavy atom. The van der Waals surface area contributed by atoms with E-state index in [-0.39, 0.29) is 18.5 Å². The minimum absolute atomic E-state index is 0.115. The highest BCUT2D eigenvalue weighted by atomic mass is 35.5. The van der Waals surface area contributed by atoms with Crippen molar-refractivity contribution in [3.8, 4) is 11.1 Å². The number of tetrazole rings is 1. The number of H-pyrrole nitrogens is 1. The molecule has 0 saturated carbocycles. The number of esters is 1. The molecular formula is C27H27ClN6O3. The van der Waals surface area contributed by atoms with Crippen molar-refractivity contribution in [1.82, 2.24) is 25.9 Å². The molecule has 0 fully saturated rings. The number of aromatic amines is 1. The first-order valence-corrected chi connectivity index (χ1v) is 12.3. The third-order valence-corrected chi connectivity index (χ3v) is 5.95. The first kappa shape index (κ1) is 26.0. The Kier molecular flexibility index (Phi) is 8.96. The average Bonchev–Trinajstić information content (AvgIpc) is 3.42. The molecule has 9 nitrogen and oxygen atoms in total. The number of amides is 1. The number of carbonyl (C=O) groups excluding carboxylic acids is 2. The van der Waals surface area contributed by atoms with Crippen LogP contribution in [0.5, 0.6) is 0 Å². The lowest BCUT2D eigenvalue weighted by Gasteiger charge is -2.24. The second kappa shape index (κ2) is 12.8. The second-order valence-electron chi connectivity index (χ2n) is 8.36. The quantitative estimate of drug-likeness (QED) is 0.258. The summed E-state index contributed by atoms with van der Waals surface area (Å²) >= 11 is 6.14. The van der Waals surface area contributed by atoms with Crippen molar-refractivity contribution in [2.24, 2.45) is 0 Å². The Labute approximate surface area is 219 Å². The summed E-state index contributed by atoms with van der Waals surface area (Å²) in [4.78, 5) is 26.1. The Balaban J connectivity index is 1.56. The van der Waals surface area contributed by atoms with Crippen molar-refractivity contribution in [3.05, 3.63) is 95.0 Å². The third-order valence-electron chi connectivity index (χ3n) is 5.71. The summed E-state index contributed by atoms with van der Waals surface area (Å²) in [5, 5.41) is 19.8. The molecule has 4 rings (SSSR count). The van der Waals surface area contributed by atoms with Gasteiger partial charge in [0.25, 0.3) is 0 Å². The lowest BCUT2D eigenvalue weighted by molar-refractivity contribution is -0.146. The molecule has 1 heterocycles. The number of nitrogens with zero attached hydrogens (tertiary/aromatic N) is 3. The van der Waals surface area contributed by atoms with Gasteiger partial charge in [0, 0.05) is 5.02 Å². The van der Waals surface area contributed by atoms with Crippen LogP contribution in [-0.2, 0) is 27.2 Å². The van der Waals surface area contributed by atoms with Gasteiger partial charge in [0.1, 0.15) is 6.04 Å². The van der Waals surface area contributed by atoms with E-state index in [9.17, 15) is 9.59 Å². The molecule has 0 saturated heterocycles. The normalized spacial score (nSPS) is 12.5. The molecule has 3 N–H and O–H groups in total. The van der Waals surface area contributed by atoms with E-state index in [1.54, 1.807) is 6.92 Å². The van der Waals surface area contributed by atoms with Crippen LogP contribution in [0.15, 0.2) is 78.9 Å². The summed E-state index contributed by atoms with van der Waals surface area (Å²) < 4.78 is 5.30. The van der Waals surface area contributed by atoms with Gasteiger partial charge in [0.2, 0.25) is 11.9 Å². The van der Waals surface area contributed by atoms with E-state index < -0.39 is 18.1 Å². The topological polar surface area (TPSA) is 122 Å². The SMILES string of the molecule is CCOC(=O)C(Cc1ccccc1)NC(Cc1ccc(-c2cccc(Cl)c2)cc1)C(=O)Nc1nnn[nH]1. The van der Waals surface area contributed by atoms with Gasteiger partial charge in [-0.1, -0.05) is 83.4 Å². The van der Waals surface area contributed by atoms with Crippen molar-refractivity contribution < 1.29 is 14.3 Å². The molecule has 190 valence electrons. The minimum Gasteiger partial charge on any atom is -0.465 e. The van der Waals surface area contributed by atoms with E-state index in [1.165, 1.54) is 0 Å². The van der Waals surface area contributed by atoms with E-state index in [2.05, 4.69) is 31.3 Å². The van der Waals surface area contributed by atoms with Gasteiger partial charge in [-0.15, -0.1) is 0 Å². The van der Waals surface area contributed by atoms with E-state index >= 15 is 0 Å². The molecule has 37 heavy (non-hydrogen) atoms. The zero-order valence-electron chi connectivity index (χ0n) is 20.2. The number of carbonyl (C=O) groups is 2. The standard InChI is InChI=1S/C27H27ClN6O3/c1-2-37-26(36)24(16-18-7-4-3-5-8-18)29-23(25(35)30-27-31-33-34-32-27)15-19-11-13-20(14-12-19)21-9-6-10-22(28)17-21/h3-14,17,23-24,29H,2,15-16H2,1H3,(H2,30,31,32,33,34,35). The number of hydrogen-bond acceptors (Lipinski definition) is 7. The number of ether oxygens (including phenoxy) is 1. The highest BCUT2D eigenvalue weighted by Crippen LogP contribution is 2.23. The molecule has 0 aliphatic heterocycles. The van der Waals surface area contributed by atoms with Crippen LogP contribution in [0.1, 0.15) is 18.1 Å². The monoisotopic (exact) mass is 518 g/mol. The summed E-state index contributed by atoms with van der Waals surface area (Å²) in [5.41, 5.74) is 3.84. The number of benzene rings is 3. The van der Waals surface area contributed by atoms with E-state index in [1.807, 2.05) is 78.9 Å². The highest BCUT2D eigenvalue weighted by molar-refractivity contribution is 6.30. The first-order chi connectivity index (χ1) is 18.0. The van der Waals surface area contributed by atoms with Gasteiger partial charge in [-0.3, -0.25) is 20.2 Å². The van der Waals surface area contributed by atoms with Gasteiger partial charge in [0.05, 0.1) is 12.6 Å². The van der Waals surface area contributed by atoms with Crippen LogP contribution < -0.4 is 10.6 Å². The Morgan fingerprint density at radius 1 is 0.919 bits per heavy atom. The van der Waals surface area contributed by atoms with E-state index in [0.29, 0.717) is 17.9 Å². The van der Waals surface area contributed by atoms with Crippen LogP contribution in [-0.4, -0.2) is 51.2 Å². The Morgan fingerprint density at radius 2 is 1.65 bits per heavy atom.